The van der Waals surface area contributed by atoms with E-state index in [0.29, 0.717) is 0 Å². The number of carboxylic acid groups (broad SMARTS) is 1. The third-order valence-corrected chi connectivity index (χ3v) is 2.87. The van der Waals surface area contributed by atoms with Crippen LogP contribution in [0.3, 0.4) is 0 Å². The van der Waals surface area contributed by atoms with Gasteiger partial charge in [-0.3, -0.25) is 0 Å². The molecule has 0 spiro atoms. The molecule has 1 aromatic heterocycles. The molecule has 2 aromatic rings. The number of furan rings is 1. The van der Waals surface area contributed by atoms with E-state index >= 15 is 0 Å². The lowest BCUT2D eigenvalue weighted by Crippen LogP contribution is -2.13. The first-order chi connectivity index (χ1) is 9.79. The number of hydrogen-bond acceptors (Lipinski definition) is 3. The third-order valence-electron chi connectivity index (χ3n) is 2.87. The second kappa shape index (κ2) is 5.51. The largest absolute Gasteiger partial charge is 0.475 e. The highest BCUT2D eigenvalue weighted by Crippen LogP contribution is 2.36. The Hall–Kier alpha value is -2.44. The van der Waals surface area contributed by atoms with Gasteiger partial charge < -0.3 is 14.8 Å². The number of anilines is 1. The summed E-state index contributed by atoms with van der Waals surface area (Å²) >= 11 is 0. The average Bonchev–Trinajstić information content (AvgIpc) is 2.88. The molecule has 0 aliphatic carbocycles. The van der Waals surface area contributed by atoms with Crippen molar-refractivity contribution in [1.29, 1.82) is 0 Å². The Kier molecular flexibility index (Phi) is 3.93. The smallest absolute Gasteiger partial charge is 0.418 e. The van der Waals surface area contributed by atoms with Crippen LogP contribution in [0.4, 0.5) is 18.9 Å². The van der Waals surface area contributed by atoms with Gasteiger partial charge in [-0.15, -0.1) is 0 Å². The number of benzene rings is 1. The van der Waals surface area contributed by atoms with Gasteiger partial charge in [-0.2, -0.15) is 13.2 Å². The standard InChI is InChI=1S/C14H12F3NO3/c1-8(11-6-7-12(21-11)13(19)20)18-10-5-3-2-4-9(10)14(15,16)17/h2-8,18H,1H3,(H,19,20). The SMILES string of the molecule is CC(Nc1ccccc1C(F)(F)F)c1ccc(C(=O)O)o1. The summed E-state index contributed by atoms with van der Waals surface area (Å²) in [6, 6.07) is 7.12. The van der Waals surface area contributed by atoms with E-state index in [1.54, 1.807) is 6.92 Å². The molecule has 0 fully saturated rings. The Morgan fingerprint density at radius 2 is 1.90 bits per heavy atom. The highest BCUT2D eigenvalue weighted by molar-refractivity contribution is 5.84. The number of carboxylic acids is 1. The van der Waals surface area contributed by atoms with Crippen LogP contribution in [0.1, 0.15) is 34.8 Å². The summed E-state index contributed by atoms with van der Waals surface area (Å²) < 4.78 is 43.7. The minimum atomic E-state index is -4.47. The molecule has 0 aliphatic heterocycles. The molecule has 4 nitrogen and oxygen atoms in total. The molecular weight excluding hydrogens is 287 g/mol. The van der Waals surface area contributed by atoms with Crippen LogP contribution in [0, 0.1) is 0 Å². The molecule has 0 saturated heterocycles. The number of hydrogen-bond donors (Lipinski definition) is 2. The van der Waals surface area contributed by atoms with Crippen molar-refractivity contribution in [3.63, 3.8) is 0 Å². The Morgan fingerprint density at radius 1 is 1.24 bits per heavy atom. The number of alkyl halides is 3. The molecule has 21 heavy (non-hydrogen) atoms. The fourth-order valence-corrected chi connectivity index (χ4v) is 1.86. The van der Waals surface area contributed by atoms with Crippen LogP contribution < -0.4 is 5.32 Å². The fourth-order valence-electron chi connectivity index (χ4n) is 1.86. The van der Waals surface area contributed by atoms with Crippen LogP contribution in [0.25, 0.3) is 0 Å². The van der Waals surface area contributed by atoms with Crippen LogP contribution >= 0.6 is 0 Å². The quantitative estimate of drug-likeness (QED) is 0.889. The molecule has 0 radical (unpaired) electrons. The van der Waals surface area contributed by atoms with Gasteiger partial charge in [-0.25, -0.2) is 4.79 Å². The Morgan fingerprint density at radius 3 is 2.48 bits per heavy atom. The van der Waals surface area contributed by atoms with E-state index in [2.05, 4.69) is 5.32 Å². The highest BCUT2D eigenvalue weighted by Gasteiger charge is 2.33. The number of aromatic carboxylic acids is 1. The van der Waals surface area contributed by atoms with Crippen molar-refractivity contribution in [1.82, 2.24) is 0 Å². The van der Waals surface area contributed by atoms with Gasteiger partial charge >= 0.3 is 12.1 Å². The maximum absolute atomic E-state index is 12.9. The summed E-state index contributed by atoms with van der Waals surface area (Å²) in [6.07, 6.45) is -4.47. The van der Waals surface area contributed by atoms with Crippen molar-refractivity contribution in [2.75, 3.05) is 5.32 Å². The molecule has 0 aliphatic rings. The summed E-state index contributed by atoms with van der Waals surface area (Å²) in [7, 11) is 0. The Balaban J connectivity index is 2.23. The predicted molar refractivity (Wildman–Crippen MR) is 69.1 cm³/mol. The summed E-state index contributed by atoms with van der Waals surface area (Å²) in [5, 5.41) is 11.4. The van der Waals surface area contributed by atoms with Gasteiger partial charge in [0.15, 0.2) is 0 Å². The van der Waals surface area contributed by atoms with Crippen molar-refractivity contribution in [3.05, 3.63) is 53.5 Å². The van der Waals surface area contributed by atoms with E-state index in [1.807, 2.05) is 0 Å². The van der Waals surface area contributed by atoms with E-state index in [4.69, 9.17) is 9.52 Å². The molecule has 1 unspecified atom stereocenters. The van der Waals surface area contributed by atoms with E-state index in [-0.39, 0.29) is 17.2 Å². The molecular formula is C14H12F3NO3. The molecule has 1 atom stereocenters. The average molecular weight is 299 g/mol. The second-order valence-corrected chi connectivity index (χ2v) is 4.42. The van der Waals surface area contributed by atoms with Gasteiger partial charge in [0, 0.05) is 5.69 Å². The monoisotopic (exact) mass is 299 g/mol. The van der Waals surface area contributed by atoms with Crippen molar-refractivity contribution < 1.29 is 27.5 Å². The van der Waals surface area contributed by atoms with Crippen LogP contribution in [-0.4, -0.2) is 11.1 Å². The predicted octanol–water partition coefficient (Wildman–Crippen LogP) is 4.17. The molecule has 0 saturated carbocycles. The maximum atomic E-state index is 12.9. The van der Waals surface area contributed by atoms with Gasteiger partial charge in [-0.05, 0) is 31.2 Å². The van der Waals surface area contributed by atoms with Gasteiger partial charge in [0.25, 0.3) is 0 Å². The summed E-state index contributed by atoms with van der Waals surface area (Å²) in [5.41, 5.74) is -0.882. The number of carbonyl (C=O) groups is 1. The second-order valence-electron chi connectivity index (χ2n) is 4.42. The minimum absolute atomic E-state index is 0.0919. The first kappa shape index (κ1) is 15.0. The molecule has 1 aromatic carbocycles. The molecule has 1 heterocycles. The van der Waals surface area contributed by atoms with Gasteiger partial charge in [-0.1, -0.05) is 12.1 Å². The number of nitrogens with one attached hydrogen (secondary N) is 1. The summed E-state index contributed by atoms with van der Waals surface area (Å²) in [4.78, 5) is 10.7. The van der Waals surface area contributed by atoms with Crippen LogP contribution in [0.5, 0.6) is 0 Å². The van der Waals surface area contributed by atoms with Crippen molar-refractivity contribution in [2.45, 2.75) is 19.1 Å². The van der Waals surface area contributed by atoms with E-state index < -0.39 is 23.8 Å². The Labute approximate surface area is 118 Å². The zero-order chi connectivity index (χ0) is 15.6. The molecule has 7 heteroatoms. The first-order valence-corrected chi connectivity index (χ1v) is 6.05. The first-order valence-electron chi connectivity index (χ1n) is 6.05. The third kappa shape index (κ3) is 3.36. The van der Waals surface area contributed by atoms with Crippen molar-refractivity contribution in [3.8, 4) is 0 Å². The molecule has 112 valence electrons. The number of halogens is 3. The molecule has 0 amide bonds. The lowest BCUT2D eigenvalue weighted by Gasteiger charge is -2.17. The molecule has 2 N–H and O–H groups in total. The van der Waals surface area contributed by atoms with Crippen molar-refractivity contribution in [2.24, 2.45) is 0 Å². The highest BCUT2D eigenvalue weighted by atomic mass is 19.4. The van der Waals surface area contributed by atoms with Gasteiger partial charge in [0.1, 0.15) is 5.76 Å². The van der Waals surface area contributed by atoms with Gasteiger partial charge in [0.2, 0.25) is 5.76 Å². The zero-order valence-electron chi connectivity index (χ0n) is 10.9. The van der Waals surface area contributed by atoms with Crippen LogP contribution in [-0.2, 0) is 6.18 Å². The van der Waals surface area contributed by atoms with E-state index in [1.165, 1.54) is 30.3 Å². The number of rotatable bonds is 4. The lowest BCUT2D eigenvalue weighted by atomic mass is 10.1. The fraction of sp³-hybridized carbons (Fsp3) is 0.214. The minimum Gasteiger partial charge on any atom is -0.475 e. The zero-order valence-corrected chi connectivity index (χ0v) is 10.9. The van der Waals surface area contributed by atoms with E-state index in [0.717, 1.165) is 6.07 Å². The summed E-state index contributed by atoms with van der Waals surface area (Å²) in [5.74, 6) is -1.25. The molecule has 2 rings (SSSR count). The topological polar surface area (TPSA) is 62.5 Å². The summed E-state index contributed by atoms with van der Waals surface area (Å²) in [6.45, 7) is 1.58. The molecule has 0 bridgehead atoms. The normalized spacial score (nSPS) is 13.0. The van der Waals surface area contributed by atoms with E-state index in [9.17, 15) is 18.0 Å². The van der Waals surface area contributed by atoms with Crippen molar-refractivity contribution >= 4 is 11.7 Å². The van der Waals surface area contributed by atoms with Crippen LogP contribution in [0.15, 0.2) is 40.8 Å². The van der Waals surface area contributed by atoms with Crippen LogP contribution in [0.2, 0.25) is 0 Å². The Bertz CT molecular complexity index is 649. The number of para-hydroxylation sites is 1. The van der Waals surface area contributed by atoms with Gasteiger partial charge in [0.05, 0.1) is 11.6 Å². The lowest BCUT2D eigenvalue weighted by molar-refractivity contribution is -0.137. The maximum Gasteiger partial charge on any atom is 0.418 e.